The maximum atomic E-state index is 10.1. The topological polar surface area (TPSA) is 86.1 Å². The number of hydrogen-bond acceptors (Lipinski definition) is 4. The molecule has 130 valence electrons. The first kappa shape index (κ1) is 19.9. The Kier molecular flexibility index (Phi) is 8.37. The summed E-state index contributed by atoms with van der Waals surface area (Å²) in [7, 11) is 0. The van der Waals surface area contributed by atoms with Gasteiger partial charge in [0.1, 0.15) is 0 Å². The molecule has 0 aromatic heterocycles. The fourth-order valence-corrected chi connectivity index (χ4v) is 2.89. The van der Waals surface area contributed by atoms with Gasteiger partial charge in [-0.3, -0.25) is 4.99 Å². The molecule has 22 heavy (non-hydrogen) atoms. The molecule has 1 unspecified atom stereocenters. The van der Waals surface area contributed by atoms with Crippen molar-refractivity contribution in [1.82, 2.24) is 10.6 Å². The second kappa shape index (κ2) is 9.24. The summed E-state index contributed by atoms with van der Waals surface area (Å²) < 4.78 is 5.48. The van der Waals surface area contributed by atoms with Crippen molar-refractivity contribution >= 4 is 29.9 Å². The second-order valence-corrected chi connectivity index (χ2v) is 6.40. The van der Waals surface area contributed by atoms with E-state index in [1.807, 2.05) is 6.92 Å². The van der Waals surface area contributed by atoms with Crippen LogP contribution >= 0.6 is 24.0 Å². The first-order chi connectivity index (χ1) is 10.1. The quantitative estimate of drug-likeness (QED) is 0.275. The van der Waals surface area contributed by atoms with Gasteiger partial charge < -0.3 is 25.6 Å². The van der Waals surface area contributed by atoms with Gasteiger partial charge in [0.15, 0.2) is 5.96 Å². The molecule has 1 aliphatic carbocycles. The van der Waals surface area contributed by atoms with E-state index in [1.54, 1.807) is 0 Å². The van der Waals surface area contributed by atoms with Gasteiger partial charge in [0.05, 0.1) is 18.8 Å². The van der Waals surface area contributed by atoms with Crippen LogP contribution in [0.3, 0.4) is 0 Å². The number of aliphatic hydroxyl groups is 2. The lowest BCUT2D eigenvalue weighted by atomic mass is 9.80. The lowest BCUT2D eigenvalue weighted by Gasteiger charge is -2.37. The van der Waals surface area contributed by atoms with Crippen LogP contribution in [0.5, 0.6) is 0 Å². The highest BCUT2D eigenvalue weighted by Gasteiger charge is 2.35. The fraction of sp³-hybridized carbons (Fsp3) is 0.933. The SMILES string of the molecule is CCNC(=NCC1(CCO)CCOC1)NCC1(O)CCC1.I. The standard InChI is InChI=1S/C15H29N3O3.HI/c1-2-16-13(18-11-15(20)4-3-5-15)17-10-14(6-8-19)7-9-21-12-14;/h19-20H,2-12H2,1H3,(H2,16,17,18);1H. The Bertz CT molecular complexity index is 356. The lowest BCUT2D eigenvalue weighted by molar-refractivity contribution is -0.0279. The number of aliphatic imine (C=N–C) groups is 1. The zero-order valence-electron chi connectivity index (χ0n) is 13.4. The van der Waals surface area contributed by atoms with Crippen LogP contribution in [-0.2, 0) is 4.74 Å². The van der Waals surface area contributed by atoms with Crippen molar-refractivity contribution in [3.8, 4) is 0 Å². The average Bonchev–Trinajstić information content (AvgIpc) is 2.89. The molecule has 1 aliphatic heterocycles. The maximum absolute atomic E-state index is 10.1. The Labute approximate surface area is 150 Å². The van der Waals surface area contributed by atoms with Crippen LogP contribution in [0.25, 0.3) is 0 Å². The number of rotatable bonds is 7. The summed E-state index contributed by atoms with van der Waals surface area (Å²) >= 11 is 0. The first-order valence-corrected chi connectivity index (χ1v) is 8.05. The van der Waals surface area contributed by atoms with Gasteiger partial charge in [0.2, 0.25) is 0 Å². The maximum Gasteiger partial charge on any atom is 0.191 e. The van der Waals surface area contributed by atoms with Gasteiger partial charge >= 0.3 is 0 Å². The summed E-state index contributed by atoms with van der Waals surface area (Å²) in [5, 5.41) is 25.8. The Hall–Kier alpha value is -0.120. The van der Waals surface area contributed by atoms with E-state index in [4.69, 9.17) is 4.74 Å². The van der Waals surface area contributed by atoms with Crippen molar-refractivity contribution in [3.05, 3.63) is 0 Å². The summed E-state index contributed by atoms with van der Waals surface area (Å²) in [6, 6.07) is 0. The highest BCUT2D eigenvalue weighted by atomic mass is 127. The number of halogens is 1. The number of aliphatic hydroxyl groups excluding tert-OH is 1. The lowest BCUT2D eigenvalue weighted by Crippen LogP contribution is -2.50. The van der Waals surface area contributed by atoms with Crippen molar-refractivity contribution in [1.29, 1.82) is 0 Å². The molecule has 0 spiro atoms. The summed E-state index contributed by atoms with van der Waals surface area (Å²) in [5.41, 5.74) is -0.597. The van der Waals surface area contributed by atoms with E-state index in [1.165, 1.54) is 0 Å². The minimum atomic E-state index is -0.560. The van der Waals surface area contributed by atoms with Crippen molar-refractivity contribution in [2.24, 2.45) is 10.4 Å². The predicted molar refractivity (Wildman–Crippen MR) is 97.8 cm³/mol. The number of nitrogens with zero attached hydrogens (tertiary/aromatic N) is 1. The second-order valence-electron chi connectivity index (χ2n) is 6.40. The molecule has 2 rings (SSSR count). The number of ether oxygens (including phenoxy) is 1. The molecule has 1 saturated carbocycles. The van der Waals surface area contributed by atoms with Gasteiger partial charge in [-0.25, -0.2) is 0 Å². The van der Waals surface area contributed by atoms with Crippen LogP contribution in [0.4, 0.5) is 0 Å². The normalized spacial score (nSPS) is 27.0. The van der Waals surface area contributed by atoms with E-state index in [-0.39, 0.29) is 36.0 Å². The molecule has 1 saturated heterocycles. The smallest absolute Gasteiger partial charge is 0.191 e. The van der Waals surface area contributed by atoms with E-state index in [2.05, 4.69) is 15.6 Å². The van der Waals surface area contributed by atoms with Crippen LogP contribution in [0, 0.1) is 5.41 Å². The average molecular weight is 427 g/mol. The number of guanidine groups is 1. The fourth-order valence-electron chi connectivity index (χ4n) is 2.89. The van der Waals surface area contributed by atoms with E-state index in [0.717, 1.165) is 51.2 Å². The summed E-state index contributed by atoms with van der Waals surface area (Å²) in [4.78, 5) is 4.64. The van der Waals surface area contributed by atoms with Gasteiger partial charge in [-0.1, -0.05) is 0 Å². The third-order valence-electron chi connectivity index (χ3n) is 4.61. The van der Waals surface area contributed by atoms with Crippen LogP contribution in [0.2, 0.25) is 0 Å². The molecule has 0 aromatic carbocycles. The number of nitrogens with one attached hydrogen (secondary N) is 2. The minimum Gasteiger partial charge on any atom is -0.396 e. The Morgan fingerprint density at radius 3 is 2.55 bits per heavy atom. The van der Waals surface area contributed by atoms with Gasteiger partial charge in [0, 0.05) is 31.7 Å². The summed E-state index contributed by atoms with van der Waals surface area (Å²) in [5.74, 6) is 0.738. The third-order valence-corrected chi connectivity index (χ3v) is 4.61. The molecule has 7 heteroatoms. The van der Waals surface area contributed by atoms with Crippen molar-refractivity contribution in [2.75, 3.05) is 39.5 Å². The van der Waals surface area contributed by atoms with Crippen LogP contribution in [-0.4, -0.2) is 61.2 Å². The number of hydrogen-bond donors (Lipinski definition) is 4. The Morgan fingerprint density at radius 1 is 1.27 bits per heavy atom. The molecule has 0 amide bonds. The molecule has 4 N–H and O–H groups in total. The summed E-state index contributed by atoms with van der Waals surface area (Å²) in [6.07, 6.45) is 4.49. The van der Waals surface area contributed by atoms with E-state index in [0.29, 0.717) is 19.7 Å². The van der Waals surface area contributed by atoms with Crippen molar-refractivity contribution in [2.45, 2.75) is 44.6 Å². The Balaban J connectivity index is 0.00000242. The van der Waals surface area contributed by atoms with E-state index in [9.17, 15) is 10.2 Å². The third kappa shape index (κ3) is 5.50. The minimum absolute atomic E-state index is 0. The molecule has 2 fully saturated rings. The molecule has 1 heterocycles. The van der Waals surface area contributed by atoms with Gasteiger partial charge in [-0.05, 0) is 39.0 Å². The zero-order chi connectivity index (χ0) is 15.2. The molecular formula is C15H30IN3O3. The van der Waals surface area contributed by atoms with Crippen LogP contribution < -0.4 is 10.6 Å². The molecule has 1 atom stereocenters. The highest BCUT2D eigenvalue weighted by Crippen LogP contribution is 2.32. The Morgan fingerprint density at radius 2 is 2.05 bits per heavy atom. The van der Waals surface area contributed by atoms with Gasteiger partial charge in [-0.2, -0.15) is 0 Å². The predicted octanol–water partition coefficient (Wildman–Crippen LogP) is 0.864. The molecule has 0 bridgehead atoms. The van der Waals surface area contributed by atoms with Crippen molar-refractivity contribution in [3.63, 3.8) is 0 Å². The monoisotopic (exact) mass is 427 g/mol. The zero-order valence-corrected chi connectivity index (χ0v) is 15.8. The van der Waals surface area contributed by atoms with Crippen molar-refractivity contribution < 1.29 is 14.9 Å². The molecule has 0 aromatic rings. The largest absolute Gasteiger partial charge is 0.396 e. The molecular weight excluding hydrogens is 397 g/mol. The van der Waals surface area contributed by atoms with E-state index < -0.39 is 5.60 Å². The van der Waals surface area contributed by atoms with Gasteiger partial charge in [0.25, 0.3) is 0 Å². The highest BCUT2D eigenvalue weighted by molar-refractivity contribution is 14.0. The van der Waals surface area contributed by atoms with E-state index >= 15 is 0 Å². The van der Waals surface area contributed by atoms with Gasteiger partial charge in [-0.15, -0.1) is 24.0 Å². The molecule has 6 nitrogen and oxygen atoms in total. The van der Waals surface area contributed by atoms with Crippen LogP contribution in [0.15, 0.2) is 4.99 Å². The molecule has 0 radical (unpaired) electrons. The molecule has 2 aliphatic rings. The first-order valence-electron chi connectivity index (χ1n) is 8.05. The summed E-state index contributed by atoms with van der Waals surface area (Å²) in [6.45, 7) is 5.58. The van der Waals surface area contributed by atoms with Crippen LogP contribution in [0.1, 0.15) is 39.0 Å².